The van der Waals surface area contributed by atoms with Gasteiger partial charge in [-0.1, -0.05) is 5.16 Å². The fourth-order valence-corrected chi connectivity index (χ4v) is 3.37. The molecule has 1 aliphatic rings. The Kier molecular flexibility index (Phi) is 5.29. The highest BCUT2D eigenvalue weighted by molar-refractivity contribution is 5.96. The van der Waals surface area contributed by atoms with Gasteiger partial charge in [0.25, 0.3) is 5.91 Å². The molecule has 1 saturated heterocycles. The summed E-state index contributed by atoms with van der Waals surface area (Å²) in [4.78, 5) is 34.6. The van der Waals surface area contributed by atoms with Crippen LogP contribution in [-0.2, 0) is 11.3 Å². The molecule has 2 aromatic rings. The lowest BCUT2D eigenvalue weighted by Crippen LogP contribution is -2.38. The van der Waals surface area contributed by atoms with Gasteiger partial charge < -0.3 is 14.7 Å². The number of rotatable bonds is 4. The molecule has 0 bridgehead atoms. The van der Waals surface area contributed by atoms with Gasteiger partial charge >= 0.3 is 0 Å². The summed E-state index contributed by atoms with van der Waals surface area (Å²) < 4.78 is 5.11. The third kappa shape index (κ3) is 3.74. The van der Waals surface area contributed by atoms with Gasteiger partial charge in [0, 0.05) is 38.3 Å². The third-order valence-corrected chi connectivity index (χ3v) is 4.73. The van der Waals surface area contributed by atoms with Crippen molar-refractivity contribution >= 4 is 11.8 Å². The number of piperidine rings is 1. The summed E-state index contributed by atoms with van der Waals surface area (Å²) in [5.41, 5.74) is 2.89. The minimum absolute atomic E-state index is 0.0303. The van der Waals surface area contributed by atoms with Crippen LogP contribution in [0, 0.1) is 13.8 Å². The smallest absolute Gasteiger partial charge is 0.259 e. The lowest BCUT2D eigenvalue weighted by molar-refractivity contribution is -0.119. The summed E-state index contributed by atoms with van der Waals surface area (Å²) in [5, 5.41) is 6.64. The number of nitrogens with one attached hydrogen (secondary N) is 1. The lowest BCUT2D eigenvalue weighted by atomic mass is 9.91. The molecule has 8 nitrogen and oxygen atoms in total. The first-order chi connectivity index (χ1) is 12.5. The maximum Gasteiger partial charge on any atom is 0.259 e. The van der Waals surface area contributed by atoms with Gasteiger partial charge in [-0.05, 0) is 26.7 Å². The molecule has 3 rings (SSSR count). The van der Waals surface area contributed by atoms with Crippen molar-refractivity contribution in [2.45, 2.75) is 46.1 Å². The average Bonchev–Trinajstić information content (AvgIpc) is 2.98. The maximum absolute atomic E-state index is 12.7. The monoisotopic (exact) mass is 357 g/mol. The number of likely N-dealkylation sites (tertiary alicyclic amines) is 1. The minimum Gasteiger partial charge on any atom is -0.361 e. The highest BCUT2D eigenvalue weighted by atomic mass is 16.5. The molecule has 0 radical (unpaired) electrons. The van der Waals surface area contributed by atoms with Crippen LogP contribution >= 0.6 is 0 Å². The van der Waals surface area contributed by atoms with E-state index in [2.05, 4.69) is 20.4 Å². The second-order valence-corrected chi connectivity index (χ2v) is 6.56. The minimum atomic E-state index is -0.0959. The molecule has 138 valence electrons. The first-order valence-electron chi connectivity index (χ1n) is 8.73. The Hall–Kier alpha value is -2.77. The number of carbonyl (C=O) groups is 2. The molecule has 0 spiro atoms. The highest BCUT2D eigenvalue weighted by Crippen LogP contribution is 2.29. The van der Waals surface area contributed by atoms with E-state index in [0.29, 0.717) is 36.7 Å². The first kappa shape index (κ1) is 18.0. The van der Waals surface area contributed by atoms with Crippen molar-refractivity contribution in [1.29, 1.82) is 0 Å². The van der Waals surface area contributed by atoms with Crippen LogP contribution in [0.2, 0.25) is 0 Å². The van der Waals surface area contributed by atoms with E-state index in [0.717, 1.165) is 24.2 Å². The molecule has 1 N–H and O–H groups in total. The number of hydrogen-bond acceptors (Lipinski definition) is 6. The molecule has 2 amide bonds. The van der Waals surface area contributed by atoms with Crippen LogP contribution in [0.25, 0.3) is 0 Å². The maximum atomic E-state index is 12.7. The lowest BCUT2D eigenvalue weighted by Gasteiger charge is -2.32. The largest absolute Gasteiger partial charge is 0.361 e. The molecule has 0 saturated carbocycles. The zero-order chi connectivity index (χ0) is 18.7. The number of aryl methyl sites for hydroxylation is 2. The van der Waals surface area contributed by atoms with Crippen molar-refractivity contribution in [3.63, 3.8) is 0 Å². The first-order valence-corrected chi connectivity index (χ1v) is 8.73. The standard InChI is InChI=1S/C18H23N5O3/c1-11-16(12(2)26-22-11)18(25)23-8-4-14(5-9-23)17-15(10-21-13(3)24)19-6-7-20-17/h6-7,14H,4-5,8-10H2,1-3H3,(H,21,24). The number of nitrogens with zero attached hydrogens (tertiary/aromatic N) is 4. The van der Waals surface area contributed by atoms with E-state index >= 15 is 0 Å². The Balaban J connectivity index is 1.67. The van der Waals surface area contributed by atoms with E-state index in [-0.39, 0.29) is 17.7 Å². The van der Waals surface area contributed by atoms with E-state index in [1.807, 2.05) is 4.90 Å². The predicted molar refractivity (Wildman–Crippen MR) is 93.4 cm³/mol. The summed E-state index contributed by atoms with van der Waals surface area (Å²) in [6.45, 7) is 6.68. The number of carbonyl (C=O) groups excluding carboxylic acids is 2. The highest BCUT2D eigenvalue weighted by Gasteiger charge is 2.29. The Morgan fingerprint density at radius 2 is 1.92 bits per heavy atom. The van der Waals surface area contributed by atoms with Gasteiger partial charge in [0.2, 0.25) is 5.91 Å². The van der Waals surface area contributed by atoms with Crippen LogP contribution in [0.15, 0.2) is 16.9 Å². The van der Waals surface area contributed by atoms with Crippen LogP contribution in [0.1, 0.15) is 58.9 Å². The predicted octanol–water partition coefficient (Wildman–Crippen LogP) is 1.74. The van der Waals surface area contributed by atoms with Crippen molar-refractivity contribution in [2.75, 3.05) is 13.1 Å². The number of hydrogen-bond donors (Lipinski definition) is 1. The quantitative estimate of drug-likeness (QED) is 0.894. The Bertz CT molecular complexity index is 789. The van der Waals surface area contributed by atoms with Crippen LogP contribution < -0.4 is 5.32 Å². The number of amides is 2. The fourth-order valence-electron chi connectivity index (χ4n) is 3.37. The Morgan fingerprint density at radius 1 is 1.23 bits per heavy atom. The van der Waals surface area contributed by atoms with Crippen molar-refractivity contribution in [2.24, 2.45) is 0 Å². The van der Waals surface area contributed by atoms with Gasteiger partial charge in [-0.2, -0.15) is 0 Å². The molecule has 1 fully saturated rings. The van der Waals surface area contributed by atoms with Crippen LogP contribution in [0.4, 0.5) is 0 Å². The van der Waals surface area contributed by atoms with E-state index in [4.69, 9.17) is 4.52 Å². The summed E-state index contributed by atoms with van der Waals surface area (Å²) >= 11 is 0. The zero-order valence-corrected chi connectivity index (χ0v) is 15.3. The molecule has 3 heterocycles. The summed E-state index contributed by atoms with van der Waals surface area (Å²) in [5.74, 6) is 0.654. The molecule has 0 aliphatic carbocycles. The van der Waals surface area contributed by atoms with Crippen LogP contribution in [-0.4, -0.2) is 44.9 Å². The SMILES string of the molecule is CC(=O)NCc1nccnc1C1CCN(C(=O)c2c(C)noc2C)CC1. The zero-order valence-electron chi connectivity index (χ0n) is 15.3. The van der Waals surface area contributed by atoms with Gasteiger partial charge in [0.15, 0.2) is 0 Å². The number of aromatic nitrogens is 3. The Morgan fingerprint density at radius 3 is 2.54 bits per heavy atom. The second-order valence-electron chi connectivity index (χ2n) is 6.56. The van der Waals surface area contributed by atoms with Crippen molar-refractivity contribution in [3.8, 4) is 0 Å². The summed E-state index contributed by atoms with van der Waals surface area (Å²) in [7, 11) is 0. The van der Waals surface area contributed by atoms with E-state index in [9.17, 15) is 9.59 Å². The van der Waals surface area contributed by atoms with Gasteiger partial charge in [-0.25, -0.2) is 0 Å². The van der Waals surface area contributed by atoms with E-state index < -0.39 is 0 Å². The second kappa shape index (κ2) is 7.63. The molecule has 26 heavy (non-hydrogen) atoms. The van der Waals surface area contributed by atoms with Crippen molar-refractivity contribution in [1.82, 2.24) is 25.3 Å². The summed E-state index contributed by atoms with van der Waals surface area (Å²) in [6, 6.07) is 0. The van der Waals surface area contributed by atoms with E-state index in [1.165, 1.54) is 6.92 Å². The van der Waals surface area contributed by atoms with Gasteiger partial charge in [0.1, 0.15) is 11.3 Å². The fraction of sp³-hybridized carbons (Fsp3) is 0.500. The molecular formula is C18H23N5O3. The topological polar surface area (TPSA) is 101 Å². The van der Waals surface area contributed by atoms with Crippen LogP contribution in [0.5, 0.6) is 0 Å². The van der Waals surface area contributed by atoms with Crippen molar-refractivity contribution < 1.29 is 14.1 Å². The molecule has 2 aromatic heterocycles. The van der Waals surface area contributed by atoms with E-state index in [1.54, 1.807) is 26.2 Å². The third-order valence-electron chi connectivity index (χ3n) is 4.73. The molecule has 1 aliphatic heterocycles. The molecular weight excluding hydrogens is 334 g/mol. The molecule has 0 atom stereocenters. The van der Waals surface area contributed by atoms with Gasteiger partial charge in [-0.3, -0.25) is 19.6 Å². The molecule has 0 aromatic carbocycles. The summed E-state index contributed by atoms with van der Waals surface area (Å²) in [6.07, 6.45) is 4.92. The van der Waals surface area contributed by atoms with Crippen molar-refractivity contribution in [3.05, 3.63) is 40.8 Å². The van der Waals surface area contributed by atoms with Gasteiger partial charge in [-0.15, -0.1) is 0 Å². The Labute approximate surface area is 152 Å². The average molecular weight is 357 g/mol. The molecule has 0 unspecified atom stereocenters. The normalized spacial score (nSPS) is 15.1. The van der Waals surface area contributed by atoms with Crippen LogP contribution in [0.3, 0.4) is 0 Å². The molecule has 8 heteroatoms. The van der Waals surface area contributed by atoms with Gasteiger partial charge in [0.05, 0.1) is 23.6 Å².